The van der Waals surface area contributed by atoms with Gasteiger partial charge in [0.2, 0.25) is 0 Å². The van der Waals surface area contributed by atoms with E-state index in [9.17, 15) is 0 Å². The van der Waals surface area contributed by atoms with E-state index in [2.05, 4.69) is 15.0 Å². The van der Waals surface area contributed by atoms with Crippen LogP contribution in [0.3, 0.4) is 0 Å². The van der Waals surface area contributed by atoms with Crippen molar-refractivity contribution in [3.05, 3.63) is 29.9 Å². The van der Waals surface area contributed by atoms with Crippen molar-refractivity contribution in [3.8, 4) is 6.07 Å². The Morgan fingerprint density at radius 2 is 2.33 bits per heavy atom. The smallest absolute Gasteiger partial charge is 0.263 e. The number of hydrogen-bond acceptors (Lipinski definition) is 6. The predicted octanol–water partition coefficient (Wildman–Crippen LogP) is 1.80. The molecule has 0 fully saturated rings. The lowest BCUT2D eigenvalue weighted by Crippen LogP contribution is -1.93. The first-order valence-electron chi connectivity index (χ1n) is 4.11. The molecule has 0 aromatic carbocycles. The van der Waals surface area contributed by atoms with Crippen molar-refractivity contribution in [1.29, 1.82) is 5.26 Å². The Morgan fingerprint density at radius 3 is 3.00 bits per heavy atom. The summed E-state index contributed by atoms with van der Waals surface area (Å²) in [5.41, 5.74) is 1.09. The summed E-state index contributed by atoms with van der Waals surface area (Å²) in [6.07, 6.45) is 3.02. The molecular weight excluding hydrogens is 212 g/mol. The molecule has 0 radical (unpaired) electrons. The molecule has 0 bridgehead atoms. The molecule has 0 saturated heterocycles. The fraction of sp³-hybridized carbons (Fsp3) is 0.111. The molecule has 2 aromatic rings. The average Bonchev–Trinajstić information content (AvgIpc) is 2.69. The van der Waals surface area contributed by atoms with Crippen LogP contribution in [-0.4, -0.2) is 15.0 Å². The van der Waals surface area contributed by atoms with Gasteiger partial charge in [-0.15, -0.1) is 0 Å². The van der Waals surface area contributed by atoms with Crippen LogP contribution in [0.25, 0.3) is 0 Å². The lowest BCUT2D eigenvalue weighted by atomic mass is 10.4. The molecule has 0 aliphatic carbocycles. The SMILES string of the molecule is Cc1cc(C#N)nc(Sc2ncco2)n1. The van der Waals surface area contributed by atoms with E-state index in [0.717, 1.165) is 5.69 Å². The molecule has 15 heavy (non-hydrogen) atoms. The van der Waals surface area contributed by atoms with Crippen LogP contribution in [0.2, 0.25) is 0 Å². The molecule has 0 atom stereocenters. The summed E-state index contributed by atoms with van der Waals surface area (Å²) in [4.78, 5) is 12.1. The van der Waals surface area contributed by atoms with Gasteiger partial charge in [0.1, 0.15) is 18.0 Å². The van der Waals surface area contributed by atoms with E-state index in [-0.39, 0.29) is 0 Å². The Kier molecular flexibility index (Phi) is 2.65. The number of aromatic nitrogens is 3. The highest BCUT2D eigenvalue weighted by Crippen LogP contribution is 2.22. The standard InChI is InChI=1S/C9H6N4OS/c1-6-4-7(5-10)13-8(12-6)15-9-11-2-3-14-9/h2-4H,1H3. The van der Waals surface area contributed by atoms with Gasteiger partial charge in [-0.05, 0) is 13.0 Å². The molecule has 0 saturated carbocycles. The number of nitriles is 1. The van der Waals surface area contributed by atoms with Crippen LogP contribution < -0.4 is 0 Å². The highest BCUT2D eigenvalue weighted by molar-refractivity contribution is 7.98. The summed E-state index contributed by atoms with van der Waals surface area (Å²) < 4.78 is 5.04. The van der Waals surface area contributed by atoms with Crippen LogP contribution in [-0.2, 0) is 0 Å². The first kappa shape index (κ1) is 9.68. The van der Waals surface area contributed by atoms with Crippen LogP contribution in [0.15, 0.2) is 33.3 Å². The monoisotopic (exact) mass is 218 g/mol. The number of aryl methyl sites for hydroxylation is 1. The van der Waals surface area contributed by atoms with E-state index >= 15 is 0 Å². The van der Waals surface area contributed by atoms with Crippen molar-refractivity contribution in [2.24, 2.45) is 0 Å². The highest BCUT2D eigenvalue weighted by Gasteiger charge is 2.06. The maximum Gasteiger partial charge on any atom is 0.263 e. The topological polar surface area (TPSA) is 75.6 Å². The van der Waals surface area contributed by atoms with Crippen LogP contribution in [0.4, 0.5) is 0 Å². The summed E-state index contributed by atoms with van der Waals surface area (Å²) in [5.74, 6) is 0. The first-order chi connectivity index (χ1) is 7.28. The molecule has 0 aliphatic rings. The van der Waals surface area contributed by atoms with Gasteiger partial charge in [-0.25, -0.2) is 15.0 Å². The summed E-state index contributed by atoms with van der Waals surface area (Å²) in [6, 6.07) is 3.60. The lowest BCUT2D eigenvalue weighted by molar-refractivity contribution is 0.453. The van der Waals surface area contributed by atoms with Gasteiger partial charge in [0.05, 0.1) is 6.20 Å². The second kappa shape index (κ2) is 4.11. The molecule has 6 heteroatoms. The Morgan fingerprint density at radius 1 is 1.47 bits per heavy atom. The van der Waals surface area contributed by atoms with Crippen molar-refractivity contribution < 1.29 is 4.42 Å². The van der Waals surface area contributed by atoms with Gasteiger partial charge in [0.25, 0.3) is 5.22 Å². The molecular formula is C9H6N4OS. The number of hydrogen-bond donors (Lipinski definition) is 0. The van der Waals surface area contributed by atoms with Crippen LogP contribution in [0.5, 0.6) is 0 Å². The molecule has 2 heterocycles. The highest BCUT2D eigenvalue weighted by atomic mass is 32.2. The van der Waals surface area contributed by atoms with Crippen molar-refractivity contribution >= 4 is 11.8 Å². The van der Waals surface area contributed by atoms with E-state index < -0.39 is 0 Å². The summed E-state index contributed by atoms with van der Waals surface area (Å²) in [5, 5.41) is 9.65. The maximum absolute atomic E-state index is 8.72. The van der Waals surface area contributed by atoms with Crippen molar-refractivity contribution in [2.45, 2.75) is 17.3 Å². The average molecular weight is 218 g/mol. The predicted molar refractivity (Wildman–Crippen MR) is 52.1 cm³/mol. The second-order valence-electron chi connectivity index (χ2n) is 2.69. The minimum Gasteiger partial charge on any atom is -0.440 e. The maximum atomic E-state index is 8.72. The fourth-order valence-electron chi connectivity index (χ4n) is 0.983. The van der Waals surface area contributed by atoms with Gasteiger partial charge in [-0.1, -0.05) is 0 Å². The van der Waals surface area contributed by atoms with Crippen LogP contribution in [0, 0.1) is 18.3 Å². The van der Waals surface area contributed by atoms with Gasteiger partial charge >= 0.3 is 0 Å². The summed E-state index contributed by atoms with van der Waals surface area (Å²) >= 11 is 1.19. The first-order valence-corrected chi connectivity index (χ1v) is 4.93. The minimum absolute atomic E-state index is 0.344. The Labute approximate surface area is 90.2 Å². The molecule has 0 N–H and O–H groups in total. The summed E-state index contributed by atoms with van der Waals surface area (Å²) in [7, 11) is 0. The Balaban J connectivity index is 2.29. The zero-order chi connectivity index (χ0) is 10.7. The van der Waals surface area contributed by atoms with Crippen molar-refractivity contribution in [2.75, 3.05) is 0 Å². The summed E-state index contributed by atoms with van der Waals surface area (Å²) in [6.45, 7) is 1.81. The zero-order valence-corrected chi connectivity index (χ0v) is 8.65. The molecule has 2 rings (SSSR count). The number of rotatable bonds is 2. The third-order valence-corrected chi connectivity index (χ3v) is 2.28. The van der Waals surface area contributed by atoms with Crippen LogP contribution in [0.1, 0.15) is 11.4 Å². The van der Waals surface area contributed by atoms with Gasteiger partial charge in [-0.2, -0.15) is 5.26 Å². The Hall–Kier alpha value is -1.87. The van der Waals surface area contributed by atoms with Gasteiger partial charge < -0.3 is 4.42 Å². The van der Waals surface area contributed by atoms with E-state index in [1.807, 2.05) is 13.0 Å². The van der Waals surface area contributed by atoms with E-state index in [1.165, 1.54) is 18.0 Å². The second-order valence-corrected chi connectivity index (χ2v) is 3.61. The molecule has 0 aliphatic heterocycles. The van der Waals surface area contributed by atoms with Gasteiger partial charge in [0.15, 0.2) is 5.16 Å². The molecule has 0 spiro atoms. The molecule has 2 aromatic heterocycles. The number of oxazole rings is 1. The third-order valence-electron chi connectivity index (χ3n) is 1.54. The van der Waals surface area contributed by atoms with Crippen molar-refractivity contribution in [3.63, 3.8) is 0 Å². The largest absolute Gasteiger partial charge is 0.440 e. The van der Waals surface area contributed by atoms with Gasteiger partial charge in [0, 0.05) is 17.5 Å². The molecule has 0 amide bonds. The van der Waals surface area contributed by atoms with E-state index in [4.69, 9.17) is 9.68 Å². The lowest BCUT2D eigenvalue weighted by Gasteiger charge is -1.97. The van der Waals surface area contributed by atoms with Crippen molar-refractivity contribution in [1.82, 2.24) is 15.0 Å². The molecule has 74 valence electrons. The third kappa shape index (κ3) is 2.33. The van der Waals surface area contributed by atoms with E-state index in [0.29, 0.717) is 16.1 Å². The zero-order valence-electron chi connectivity index (χ0n) is 7.84. The quantitative estimate of drug-likeness (QED) is 0.715. The van der Waals surface area contributed by atoms with Crippen LogP contribution >= 0.6 is 11.8 Å². The van der Waals surface area contributed by atoms with E-state index in [1.54, 1.807) is 12.3 Å². The normalized spacial score (nSPS) is 9.87. The molecule has 5 nitrogen and oxygen atoms in total. The molecule has 0 unspecified atom stereocenters. The Bertz CT molecular complexity index is 503. The minimum atomic E-state index is 0.344. The van der Waals surface area contributed by atoms with Gasteiger partial charge in [-0.3, -0.25) is 0 Å². The fourth-order valence-corrected chi connectivity index (χ4v) is 1.69. The number of nitrogens with zero attached hydrogens (tertiary/aromatic N) is 4.